The summed E-state index contributed by atoms with van der Waals surface area (Å²) < 4.78 is 5.44. The fourth-order valence-electron chi connectivity index (χ4n) is 3.34. The number of nitrogens with zero attached hydrogens (tertiary/aromatic N) is 6. The molecule has 2 saturated heterocycles. The summed E-state index contributed by atoms with van der Waals surface area (Å²) in [5, 5.41) is 14.4. The zero-order chi connectivity index (χ0) is 19.3. The second-order valence-corrected chi connectivity index (χ2v) is 6.88. The van der Waals surface area contributed by atoms with Gasteiger partial charge in [-0.1, -0.05) is 12.1 Å². The smallest absolute Gasteiger partial charge is 0.250 e. The quantitative estimate of drug-likeness (QED) is 0.596. The summed E-state index contributed by atoms with van der Waals surface area (Å²) in [6, 6.07) is 7.10. The van der Waals surface area contributed by atoms with Crippen LogP contribution in [0.1, 0.15) is 25.3 Å². The molecule has 0 amide bonds. The Kier molecular flexibility index (Phi) is 5.52. The van der Waals surface area contributed by atoms with Crippen molar-refractivity contribution in [3.63, 3.8) is 0 Å². The normalized spacial score (nSPS) is 17.8. The predicted octanol–water partition coefficient (Wildman–Crippen LogP) is 1.85. The number of morpholine rings is 1. The van der Waals surface area contributed by atoms with Gasteiger partial charge in [0.2, 0.25) is 17.8 Å². The van der Waals surface area contributed by atoms with Crippen LogP contribution in [0.15, 0.2) is 29.4 Å². The van der Waals surface area contributed by atoms with Crippen LogP contribution in [0.2, 0.25) is 0 Å². The van der Waals surface area contributed by atoms with E-state index in [-0.39, 0.29) is 5.75 Å². The average Bonchev–Trinajstić information content (AvgIpc) is 3.28. The van der Waals surface area contributed by atoms with Gasteiger partial charge in [0.1, 0.15) is 5.75 Å². The van der Waals surface area contributed by atoms with Gasteiger partial charge in [-0.15, -0.1) is 0 Å². The summed E-state index contributed by atoms with van der Waals surface area (Å²) in [7, 11) is 0. The van der Waals surface area contributed by atoms with Crippen molar-refractivity contribution < 1.29 is 9.84 Å². The molecule has 1 aromatic heterocycles. The molecule has 9 nitrogen and oxygen atoms in total. The van der Waals surface area contributed by atoms with E-state index in [0.29, 0.717) is 42.3 Å². The van der Waals surface area contributed by atoms with Crippen LogP contribution in [-0.2, 0) is 4.74 Å². The van der Waals surface area contributed by atoms with Crippen LogP contribution in [0, 0.1) is 0 Å². The first kappa shape index (κ1) is 18.4. The zero-order valence-electron chi connectivity index (χ0n) is 16.0. The lowest BCUT2D eigenvalue weighted by Crippen LogP contribution is -2.38. The van der Waals surface area contributed by atoms with Crippen molar-refractivity contribution >= 4 is 23.6 Å². The van der Waals surface area contributed by atoms with Gasteiger partial charge in [-0.2, -0.15) is 20.1 Å². The summed E-state index contributed by atoms with van der Waals surface area (Å²) in [4.78, 5) is 18.1. The van der Waals surface area contributed by atoms with Crippen LogP contribution >= 0.6 is 0 Å². The molecule has 0 bridgehead atoms. The number of anilines is 3. The number of para-hydroxylation sites is 1. The molecule has 28 heavy (non-hydrogen) atoms. The molecule has 2 aliphatic heterocycles. The van der Waals surface area contributed by atoms with E-state index in [4.69, 9.17) is 4.74 Å². The number of rotatable bonds is 5. The first-order valence-corrected chi connectivity index (χ1v) is 9.63. The van der Waals surface area contributed by atoms with Crippen molar-refractivity contribution in [2.24, 2.45) is 5.10 Å². The number of hydrogen-bond donors (Lipinski definition) is 2. The van der Waals surface area contributed by atoms with E-state index < -0.39 is 0 Å². The highest BCUT2D eigenvalue weighted by atomic mass is 16.5. The van der Waals surface area contributed by atoms with E-state index in [1.54, 1.807) is 12.1 Å². The fourth-order valence-corrected chi connectivity index (χ4v) is 3.34. The summed E-state index contributed by atoms with van der Waals surface area (Å²) >= 11 is 0. The van der Waals surface area contributed by atoms with Gasteiger partial charge in [-0.25, -0.2) is 5.43 Å². The number of aromatic hydroxyl groups is 1. The highest BCUT2D eigenvalue weighted by Crippen LogP contribution is 2.21. The highest BCUT2D eigenvalue weighted by molar-refractivity contribution is 6.01. The van der Waals surface area contributed by atoms with Crippen LogP contribution in [0.5, 0.6) is 5.75 Å². The zero-order valence-corrected chi connectivity index (χ0v) is 16.0. The molecule has 4 rings (SSSR count). The van der Waals surface area contributed by atoms with Gasteiger partial charge in [0.05, 0.1) is 18.9 Å². The number of benzene rings is 1. The van der Waals surface area contributed by atoms with Gasteiger partial charge in [0, 0.05) is 31.7 Å². The molecular formula is C19H25N7O2. The van der Waals surface area contributed by atoms with Crippen molar-refractivity contribution in [1.82, 2.24) is 15.0 Å². The Morgan fingerprint density at radius 1 is 1.00 bits per heavy atom. The molecule has 0 unspecified atom stereocenters. The van der Waals surface area contributed by atoms with Gasteiger partial charge in [0.15, 0.2) is 0 Å². The van der Waals surface area contributed by atoms with Gasteiger partial charge in [0.25, 0.3) is 0 Å². The number of aromatic nitrogens is 3. The summed E-state index contributed by atoms with van der Waals surface area (Å²) in [6.07, 6.45) is 2.29. The van der Waals surface area contributed by atoms with Crippen molar-refractivity contribution in [3.8, 4) is 5.75 Å². The third-order valence-electron chi connectivity index (χ3n) is 4.91. The molecule has 0 aliphatic carbocycles. The van der Waals surface area contributed by atoms with Gasteiger partial charge < -0.3 is 19.6 Å². The number of hydrazone groups is 1. The summed E-state index contributed by atoms with van der Waals surface area (Å²) in [5.74, 6) is 1.89. The largest absolute Gasteiger partial charge is 0.507 e. The number of phenols is 1. The minimum atomic E-state index is 0.188. The van der Waals surface area contributed by atoms with E-state index in [0.717, 1.165) is 39.0 Å². The van der Waals surface area contributed by atoms with Crippen molar-refractivity contribution in [1.29, 1.82) is 0 Å². The van der Waals surface area contributed by atoms with E-state index in [1.807, 2.05) is 19.1 Å². The van der Waals surface area contributed by atoms with Gasteiger partial charge >= 0.3 is 0 Å². The van der Waals surface area contributed by atoms with E-state index >= 15 is 0 Å². The minimum absolute atomic E-state index is 0.188. The Morgan fingerprint density at radius 2 is 1.64 bits per heavy atom. The van der Waals surface area contributed by atoms with Gasteiger partial charge in [-0.3, -0.25) is 0 Å². The molecular weight excluding hydrogens is 358 g/mol. The summed E-state index contributed by atoms with van der Waals surface area (Å²) in [6.45, 7) is 6.56. The lowest BCUT2D eigenvalue weighted by atomic mass is 10.1. The Labute approximate surface area is 164 Å². The Morgan fingerprint density at radius 3 is 2.32 bits per heavy atom. The molecule has 9 heteroatoms. The first-order chi connectivity index (χ1) is 13.7. The van der Waals surface area contributed by atoms with Crippen molar-refractivity contribution in [2.45, 2.75) is 19.8 Å². The monoisotopic (exact) mass is 383 g/mol. The molecule has 148 valence electrons. The van der Waals surface area contributed by atoms with Crippen LogP contribution in [0.25, 0.3) is 0 Å². The molecule has 0 spiro atoms. The van der Waals surface area contributed by atoms with Crippen molar-refractivity contribution in [3.05, 3.63) is 29.8 Å². The van der Waals surface area contributed by atoms with Crippen LogP contribution in [0.3, 0.4) is 0 Å². The Hall–Kier alpha value is -2.94. The Balaban J connectivity index is 1.60. The maximum atomic E-state index is 10.0. The van der Waals surface area contributed by atoms with Gasteiger partial charge in [-0.05, 0) is 31.9 Å². The second-order valence-electron chi connectivity index (χ2n) is 6.88. The maximum absolute atomic E-state index is 10.0. The summed E-state index contributed by atoms with van der Waals surface area (Å²) in [5.41, 5.74) is 4.25. The first-order valence-electron chi connectivity index (χ1n) is 9.63. The molecule has 2 fully saturated rings. The van der Waals surface area contributed by atoms with E-state index in [2.05, 4.69) is 35.3 Å². The molecule has 2 N–H and O–H groups in total. The number of nitrogens with one attached hydrogen (secondary N) is 1. The van der Waals surface area contributed by atoms with Crippen LogP contribution in [0.4, 0.5) is 17.8 Å². The molecule has 2 aromatic rings. The maximum Gasteiger partial charge on any atom is 0.250 e. The average molecular weight is 383 g/mol. The second kappa shape index (κ2) is 8.39. The number of hydrogen-bond acceptors (Lipinski definition) is 9. The molecule has 0 radical (unpaired) electrons. The third kappa shape index (κ3) is 4.14. The SMILES string of the molecule is C/C(=N/Nc1nc(N2CCCC2)nc(N2CCOCC2)n1)c1ccccc1O. The van der Waals surface area contributed by atoms with Crippen LogP contribution < -0.4 is 15.2 Å². The Bertz CT molecular complexity index is 846. The topological polar surface area (TPSA) is 99.0 Å². The molecule has 1 aromatic carbocycles. The third-order valence-corrected chi connectivity index (χ3v) is 4.91. The fraction of sp³-hybridized carbons (Fsp3) is 0.474. The molecule has 0 atom stereocenters. The van der Waals surface area contributed by atoms with E-state index in [1.165, 1.54) is 0 Å². The lowest BCUT2D eigenvalue weighted by molar-refractivity contribution is 0.122. The van der Waals surface area contributed by atoms with E-state index in [9.17, 15) is 5.11 Å². The van der Waals surface area contributed by atoms with Crippen molar-refractivity contribution in [2.75, 3.05) is 54.6 Å². The molecule has 0 saturated carbocycles. The standard InChI is InChI=1S/C19H25N7O2/c1-14(15-6-2-3-7-16(15)27)23-24-17-20-18(25-8-4-5-9-25)22-19(21-17)26-10-12-28-13-11-26/h2-3,6-7,27H,4-5,8-13H2,1H3,(H,20,21,22,24)/b23-14-. The predicted molar refractivity (Wildman–Crippen MR) is 108 cm³/mol. The molecule has 2 aliphatic rings. The number of phenolic OH excluding ortho intramolecular Hbond substituents is 1. The molecule has 3 heterocycles. The van der Waals surface area contributed by atoms with Crippen LogP contribution in [-0.4, -0.2) is 65.2 Å². The lowest BCUT2D eigenvalue weighted by Gasteiger charge is -2.27. The highest BCUT2D eigenvalue weighted by Gasteiger charge is 2.21. The number of ether oxygens (including phenoxy) is 1. The minimum Gasteiger partial charge on any atom is -0.507 e.